The number of hydrogen-bond acceptors (Lipinski definition) is 3. The van der Waals surface area contributed by atoms with Gasteiger partial charge in [0.25, 0.3) is 0 Å². The van der Waals surface area contributed by atoms with Gasteiger partial charge in [-0.15, -0.1) is 0 Å². The Balaban J connectivity index is 4.02. The van der Waals surface area contributed by atoms with E-state index in [4.69, 9.17) is 4.74 Å². The van der Waals surface area contributed by atoms with Crippen molar-refractivity contribution in [3.63, 3.8) is 0 Å². The van der Waals surface area contributed by atoms with Crippen molar-refractivity contribution in [3.8, 4) is 0 Å². The normalized spacial score (nSPS) is 12.4. The topological polar surface area (TPSA) is 46.5 Å². The molecule has 0 aliphatic rings. The molecule has 0 amide bonds. The second kappa shape index (κ2) is 27.0. The fraction of sp³-hybridized carbons (Fsp3) is 0.968. The van der Waals surface area contributed by atoms with Gasteiger partial charge < -0.3 is 9.84 Å². The Hall–Kier alpha value is -0.570. The number of hydrogen-bond donors (Lipinski definition) is 1. The van der Waals surface area contributed by atoms with Gasteiger partial charge in [-0.1, -0.05) is 149 Å². The zero-order chi connectivity index (χ0) is 25.1. The van der Waals surface area contributed by atoms with Gasteiger partial charge in [0.2, 0.25) is 0 Å². The minimum absolute atomic E-state index is 0.0866. The highest BCUT2D eigenvalue weighted by atomic mass is 16.5. The maximum Gasteiger partial charge on any atom is 0.305 e. The molecule has 0 aromatic heterocycles. The van der Waals surface area contributed by atoms with Crippen LogP contribution in [0.1, 0.15) is 175 Å². The maximum atomic E-state index is 12.0. The SMILES string of the molecule is CCCCCCCCCC(=O)OCCC(O)CC(CCCCCCCC)CCCCCCCC. The van der Waals surface area contributed by atoms with E-state index in [1.165, 1.54) is 122 Å². The second-order valence-electron chi connectivity index (χ2n) is 10.7. The van der Waals surface area contributed by atoms with Crippen LogP contribution in [0.15, 0.2) is 0 Å². The molecule has 204 valence electrons. The summed E-state index contributed by atoms with van der Waals surface area (Å²) < 4.78 is 5.41. The highest BCUT2D eigenvalue weighted by Crippen LogP contribution is 2.24. The Labute approximate surface area is 214 Å². The van der Waals surface area contributed by atoms with Gasteiger partial charge in [-0.3, -0.25) is 4.79 Å². The van der Waals surface area contributed by atoms with Crippen LogP contribution >= 0.6 is 0 Å². The van der Waals surface area contributed by atoms with Crippen LogP contribution in [0.4, 0.5) is 0 Å². The molecule has 0 heterocycles. The van der Waals surface area contributed by atoms with E-state index in [0.717, 1.165) is 19.3 Å². The Kier molecular flexibility index (Phi) is 26.6. The molecule has 0 aliphatic carbocycles. The monoisotopic (exact) mass is 482 g/mol. The number of ether oxygens (including phenoxy) is 1. The molecule has 3 heteroatoms. The molecule has 1 N–H and O–H groups in total. The molecule has 1 atom stereocenters. The quantitative estimate of drug-likeness (QED) is 0.0935. The minimum atomic E-state index is -0.337. The summed E-state index contributed by atoms with van der Waals surface area (Å²) in [4.78, 5) is 12.0. The third-order valence-electron chi connectivity index (χ3n) is 7.24. The Morgan fingerprint density at radius 1 is 0.588 bits per heavy atom. The molecule has 0 radical (unpaired) electrons. The first-order chi connectivity index (χ1) is 16.6. The summed E-state index contributed by atoms with van der Waals surface area (Å²) in [6.07, 6.45) is 28.7. The lowest BCUT2D eigenvalue weighted by atomic mass is 9.89. The third kappa shape index (κ3) is 24.6. The highest BCUT2D eigenvalue weighted by molar-refractivity contribution is 5.69. The number of rotatable bonds is 27. The first-order valence-corrected chi connectivity index (χ1v) is 15.5. The van der Waals surface area contributed by atoms with Crippen molar-refractivity contribution < 1.29 is 14.6 Å². The number of aliphatic hydroxyl groups excluding tert-OH is 1. The van der Waals surface area contributed by atoms with E-state index in [1.807, 2.05) is 0 Å². The molecule has 0 fully saturated rings. The zero-order valence-electron chi connectivity index (χ0n) is 23.6. The lowest BCUT2D eigenvalue weighted by Gasteiger charge is -2.20. The van der Waals surface area contributed by atoms with E-state index >= 15 is 0 Å². The standard InChI is InChI=1S/C31H62O3/c1-4-7-10-13-16-19-22-25-31(33)34-27-26-30(32)28-29(23-20-17-14-11-8-5-2)24-21-18-15-12-9-6-3/h29-30,32H,4-28H2,1-3H3. The summed E-state index contributed by atoms with van der Waals surface area (Å²) >= 11 is 0. The predicted octanol–water partition coefficient (Wildman–Crippen LogP) is 9.93. The molecule has 1 unspecified atom stereocenters. The number of carbonyl (C=O) groups is 1. The van der Waals surface area contributed by atoms with E-state index in [1.54, 1.807) is 0 Å². The van der Waals surface area contributed by atoms with Gasteiger partial charge in [0.05, 0.1) is 12.7 Å². The Morgan fingerprint density at radius 3 is 1.47 bits per heavy atom. The maximum absolute atomic E-state index is 12.0. The highest BCUT2D eigenvalue weighted by Gasteiger charge is 2.15. The zero-order valence-corrected chi connectivity index (χ0v) is 23.6. The number of unbranched alkanes of at least 4 members (excludes halogenated alkanes) is 16. The summed E-state index contributed by atoms with van der Waals surface area (Å²) in [5, 5.41) is 10.6. The molecule has 34 heavy (non-hydrogen) atoms. The number of esters is 1. The van der Waals surface area contributed by atoms with E-state index in [0.29, 0.717) is 25.4 Å². The average molecular weight is 483 g/mol. The van der Waals surface area contributed by atoms with Gasteiger partial charge in [0.15, 0.2) is 0 Å². The predicted molar refractivity (Wildman–Crippen MR) is 148 cm³/mol. The molecule has 0 spiro atoms. The third-order valence-corrected chi connectivity index (χ3v) is 7.24. The molecular formula is C31H62O3. The van der Waals surface area contributed by atoms with Gasteiger partial charge in [-0.2, -0.15) is 0 Å². The van der Waals surface area contributed by atoms with Crippen molar-refractivity contribution in [1.29, 1.82) is 0 Å². The van der Waals surface area contributed by atoms with E-state index < -0.39 is 0 Å². The average Bonchev–Trinajstić information content (AvgIpc) is 2.82. The molecule has 0 saturated carbocycles. The molecule has 0 bridgehead atoms. The molecule has 0 aromatic rings. The Bertz CT molecular complexity index is 393. The van der Waals surface area contributed by atoms with Gasteiger partial charge in [-0.25, -0.2) is 0 Å². The van der Waals surface area contributed by atoms with Crippen LogP contribution in [0.5, 0.6) is 0 Å². The van der Waals surface area contributed by atoms with Crippen LogP contribution in [0.2, 0.25) is 0 Å². The van der Waals surface area contributed by atoms with Crippen molar-refractivity contribution >= 4 is 5.97 Å². The number of aliphatic hydroxyl groups is 1. The molecule has 0 aromatic carbocycles. The largest absolute Gasteiger partial charge is 0.466 e. The van der Waals surface area contributed by atoms with Crippen LogP contribution in [0.3, 0.4) is 0 Å². The molecular weight excluding hydrogens is 420 g/mol. The van der Waals surface area contributed by atoms with Crippen molar-refractivity contribution in [1.82, 2.24) is 0 Å². The summed E-state index contributed by atoms with van der Waals surface area (Å²) in [6.45, 7) is 7.14. The molecule has 3 nitrogen and oxygen atoms in total. The minimum Gasteiger partial charge on any atom is -0.466 e. The summed E-state index contributed by atoms with van der Waals surface area (Å²) in [7, 11) is 0. The second-order valence-corrected chi connectivity index (χ2v) is 10.7. The van der Waals surface area contributed by atoms with Crippen molar-refractivity contribution in [2.45, 2.75) is 181 Å². The summed E-state index contributed by atoms with van der Waals surface area (Å²) in [5.41, 5.74) is 0. The molecule has 0 saturated heterocycles. The first kappa shape index (κ1) is 33.4. The fourth-order valence-electron chi connectivity index (χ4n) is 4.92. The van der Waals surface area contributed by atoms with Gasteiger partial charge in [0, 0.05) is 12.8 Å². The van der Waals surface area contributed by atoms with Gasteiger partial charge >= 0.3 is 5.97 Å². The lowest BCUT2D eigenvalue weighted by Crippen LogP contribution is -2.17. The van der Waals surface area contributed by atoms with Gasteiger partial charge in [-0.05, 0) is 18.8 Å². The molecule has 0 aliphatic heterocycles. The van der Waals surface area contributed by atoms with Crippen LogP contribution in [0, 0.1) is 5.92 Å². The van der Waals surface area contributed by atoms with Crippen LogP contribution in [-0.2, 0) is 9.53 Å². The van der Waals surface area contributed by atoms with Crippen molar-refractivity contribution in [3.05, 3.63) is 0 Å². The van der Waals surface area contributed by atoms with Crippen LogP contribution in [0.25, 0.3) is 0 Å². The van der Waals surface area contributed by atoms with Crippen molar-refractivity contribution in [2.75, 3.05) is 6.61 Å². The first-order valence-electron chi connectivity index (χ1n) is 15.5. The van der Waals surface area contributed by atoms with Gasteiger partial charge in [0.1, 0.15) is 0 Å². The van der Waals surface area contributed by atoms with E-state index in [9.17, 15) is 9.90 Å². The summed E-state index contributed by atoms with van der Waals surface area (Å²) in [5.74, 6) is 0.534. The molecule has 0 rings (SSSR count). The number of carbonyl (C=O) groups excluding carboxylic acids is 1. The smallest absolute Gasteiger partial charge is 0.305 e. The van der Waals surface area contributed by atoms with Crippen LogP contribution in [-0.4, -0.2) is 23.8 Å². The van der Waals surface area contributed by atoms with Crippen LogP contribution < -0.4 is 0 Å². The Morgan fingerprint density at radius 2 is 1.00 bits per heavy atom. The van der Waals surface area contributed by atoms with E-state index in [2.05, 4.69) is 20.8 Å². The fourth-order valence-corrected chi connectivity index (χ4v) is 4.92. The van der Waals surface area contributed by atoms with Crippen molar-refractivity contribution in [2.24, 2.45) is 5.92 Å². The van der Waals surface area contributed by atoms with E-state index in [-0.39, 0.29) is 12.1 Å². The summed E-state index contributed by atoms with van der Waals surface area (Å²) in [6, 6.07) is 0. The lowest BCUT2D eigenvalue weighted by molar-refractivity contribution is -0.144.